The van der Waals surface area contributed by atoms with Gasteiger partial charge >= 0.3 is 0 Å². The Morgan fingerprint density at radius 2 is 2.09 bits per heavy atom. The number of nitrogens with zero attached hydrogens (tertiary/aromatic N) is 3. The van der Waals surface area contributed by atoms with Crippen LogP contribution in [0.15, 0.2) is 11.1 Å². The van der Waals surface area contributed by atoms with Gasteiger partial charge in [-0.2, -0.15) is 9.83 Å². The number of hydrogen-bond donors (Lipinski definition) is 0. The molecular formula is C17H19IN3S+. The molecule has 1 saturated carbocycles. The number of halogens is 1. The summed E-state index contributed by atoms with van der Waals surface area (Å²) < 4.78 is 3.35. The summed E-state index contributed by atoms with van der Waals surface area (Å²) in [5, 5.41) is 11.6. The summed E-state index contributed by atoms with van der Waals surface area (Å²) in [7, 11) is 0. The molecule has 4 aliphatic heterocycles. The van der Waals surface area contributed by atoms with E-state index < -0.39 is 0 Å². The first-order chi connectivity index (χ1) is 10.8. The molecule has 2 fully saturated rings. The van der Waals surface area contributed by atoms with E-state index in [1.165, 1.54) is 55.9 Å². The largest absolute Gasteiger partial charge is 0.366 e. The van der Waals surface area contributed by atoms with E-state index >= 15 is 0 Å². The Bertz CT molecular complexity index is 690. The number of nitriles is 1. The standard InChI is InChI=1S/C17H19IN3S/c18-12-2-1-3-14-16(12)21-15-10-4-6-20(7-5-10)13(15)8-11(9-19)17(21)22-14/h8,10,12,14,16H,1-7H2/q+1/t12-,14-,16-/m1/s1. The Balaban J connectivity index is 1.77. The lowest BCUT2D eigenvalue weighted by Gasteiger charge is -2.40. The van der Waals surface area contributed by atoms with Gasteiger partial charge in [-0.3, -0.25) is 0 Å². The topological polar surface area (TPSA) is 30.9 Å². The summed E-state index contributed by atoms with van der Waals surface area (Å²) in [5.74, 6) is 0.719. The minimum Gasteiger partial charge on any atom is -0.366 e. The monoisotopic (exact) mass is 424 g/mol. The molecule has 0 N–H and O–H groups in total. The van der Waals surface area contributed by atoms with Crippen LogP contribution >= 0.6 is 34.4 Å². The van der Waals surface area contributed by atoms with Crippen LogP contribution in [0.3, 0.4) is 0 Å². The zero-order valence-electron chi connectivity index (χ0n) is 12.5. The van der Waals surface area contributed by atoms with E-state index in [4.69, 9.17) is 0 Å². The van der Waals surface area contributed by atoms with Gasteiger partial charge in [-0.1, -0.05) is 29.0 Å². The fraction of sp³-hybridized carbons (Fsp3) is 0.647. The molecule has 0 spiro atoms. The normalized spacial score (nSPS) is 32.4. The van der Waals surface area contributed by atoms with Gasteiger partial charge in [0, 0.05) is 19.0 Å². The van der Waals surface area contributed by atoms with Gasteiger partial charge in [0.25, 0.3) is 5.03 Å². The van der Waals surface area contributed by atoms with Gasteiger partial charge < -0.3 is 4.90 Å². The number of rotatable bonds is 0. The average molecular weight is 424 g/mol. The molecule has 1 aromatic rings. The highest BCUT2D eigenvalue weighted by Crippen LogP contribution is 2.50. The van der Waals surface area contributed by atoms with Crippen molar-refractivity contribution >= 4 is 40.0 Å². The zero-order chi connectivity index (χ0) is 14.8. The molecular weight excluding hydrogens is 405 g/mol. The second-order valence-corrected chi connectivity index (χ2v) is 9.80. The molecule has 2 bridgehead atoms. The number of hydrogen-bond acceptors (Lipinski definition) is 3. The van der Waals surface area contributed by atoms with Crippen molar-refractivity contribution in [1.82, 2.24) is 0 Å². The second kappa shape index (κ2) is 5.01. The fourth-order valence-electron chi connectivity index (χ4n) is 4.87. The van der Waals surface area contributed by atoms with Gasteiger partial charge in [-0.05, 0) is 43.5 Å². The van der Waals surface area contributed by atoms with Gasteiger partial charge in [0.2, 0.25) is 5.69 Å². The number of pyridine rings is 1. The van der Waals surface area contributed by atoms with Crippen molar-refractivity contribution in [2.75, 3.05) is 18.0 Å². The van der Waals surface area contributed by atoms with Gasteiger partial charge in [0.05, 0.1) is 9.17 Å². The number of aromatic nitrogens is 1. The maximum absolute atomic E-state index is 9.68. The van der Waals surface area contributed by atoms with E-state index in [0.29, 0.717) is 15.2 Å². The van der Waals surface area contributed by atoms with E-state index in [1.54, 1.807) is 5.69 Å². The van der Waals surface area contributed by atoms with Gasteiger partial charge in [-0.15, -0.1) is 0 Å². The van der Waals surface area contributed by atoms with Crippen LogP contribution in [0.1, 0.15) is 55.3 Å². The van der Waals surface area contributed by atoms with Crippen LogP contribution in [0.5, 0.6) is 0 Å². The van der Waals surface area contributed by atoms with Crippen molar-refractivity contribution in [3.8, 4) is 6.07 Å². The lowest BCUT2D eigenvalue weighted by atomic mass is 9.84. The van der Waals surface area contributed by atoms with Crippen molar-refractivity contribution in [2.45, 2.75) is 58.3 Å². The molecule has 1 aromatic heterocycles. The van der Waals surface area contributed by atoms with Gasteiger partial charge in [0.15, 0.2) is 6.04 Å². The Labute approximate surface area is 149 Å². The zero-order valence-corrected chi connectivity index (χ0v) is 15.4. The molecule has 0 unspecified atom stereocenters. The third kappa shape index (κ3) is 1.77. The first kappa shape index (κ1) is 13.9. The van der Waals surface area contributed by atoms with Crippen molar-refractivity contribution in [2.24, 2.45) is 0 Å². The second-order valence-electron chi connectivity index (χ2n) is 6.97. The van der Waals surface area contributed by atoms with Crippen LogP contribution in [0, 0.1) is 11.3 Å². The predicted octanol–water partition coefficient (Wildman–Crippen LogP) is 3.55. The van der Waals surface area contributed by atoms with Crippen LogP contribution in [-0.4, -0.2) is 22.3 Å². The third-order valence-electron chi connectivity index (χ3n) is 5.88. The highest BCUT2D eigenvalue weighted by atomic mass is 127. The fourth-order valence-corrected chi connectivity index (χ4v) is 8.01. The van der Waals surface area contributed by atoms with Crippen molar-refractivity contribution < 1.29 is 4.57 Å². The maximum atomic E-state index is 9.68. The molecule has 114 valence electrons. The van der Waals surface area contributed by atoms with Crippen LogP contribution < -0.4 is 9.47 Å². The Morgan fingerprint density at radius 3 is 2.86 bits per heavy atom. The van der Waals surface area contributed by atoms with E-state index in [2.05, 4.69) is 44.2 Å². The number of piperidine rings is 1. The minimum absolute atomic E-state index is 0.608. The molecule has 5 aliphatic rings. The molecule has 1 aliphatic carbocycles. The lowest BCUT2D eigenvalue weighted by molar-refractivity contribution is -0.757. The molecule has 22 heavy (non-hydrogen) atoms. The summed E-state index contributed by atoms with van der Waals surface area (Å²) in [4.78, 5) is 2.52. The summed E-state index contributed by atoms with van der Waals surface area (Å²) in [5.41, 5.74) is 3.85. The van der Waals surface area contributed by atoms with Gasteiger partial charge in [-0.25, -0.2) is 0 Å². The number of anilines is 1. The molecule has 5 heteroatoms. The maximum Gasteiger partial charge on any atom is 0.259 e. The SMILES string of the molecule is N#Cc1cc2c([n+]3c1S[C@@H]1CCC[C@@H](I)[C@H]13)C1CCN2CC1. The summed E-state index contributed by atoms with van der Waals surface area (Å²) in [6.07, 6.45) is 6.58. The van der Waals surface area contributed by atoms with E-state index in [9.17, 15) is 5.26 Å². The average Bonchev–Trinajstić information content (AvgIpc) is 2.96. The number of alkyl halides is 1. The number of fused-ring (bicyclic) bond motifs is 5. The molecule has 3 atom stereocenters. The summed E-state index contributed by atoms with van der Waals surface area (Å²) >= 11 is 4.66. The first-order valence-corrected chi connectivity index (χ1v) is 10.5. The Morgan fingerprint density at radius 1 is 1.27 bits per heavy atom. The van der Waals surface area contributed by atoms with Crippen molar-refractivity contribution in [1.29, 1.82) is 5.26 Å². The smallest absolute Gasteiger partial charge is 0.259 e. The predicted molar refractivity (Wildman–Crippen MR) is 95.9 cm³/mol. The molecule has 1 saturated heterocycles. The van der Waals surface area contributed by atoms with Crippen LogP contribution in [-0.2, 0) is 0 Å². The molecule has 0 aromatic carbocycles. The Kier molecular flexibility index (Phi) is 3.17. The quantitative estimate of drug-likeness (QED) is 0.363. The highest BCUT2D eigenvalue weighted by Gasteiger charge is 2.53. The third-order valence-corrected chi connectivity index (χ3v) is 8.69. The lowest BCUT2D eigenvalue weighted by Crippen LogP contribution is -2.55. The summed E-state index contributed by atoms with van der Waals surface area (Å²) in [6.45, 7) is 2.35. The van der Waals surface area contributed by atoms with E-state index in [0.717, 1.165) is 11.5 Å². The molecule has 5 heterocycles. The van der Waals surface area contributed by atoms with E-state index in [1.807, 2.05) is 11.8 Å². The molecule has 3 nitrogen and oxygen atoms in total. The van der Waals surface area contributed by atoms with Crippen molar-refractivity contribution in [3.05, 3.63) is 17.3 Å². The molecule has 0 radical (unpaired) electrons. The van der Waals surface area contributed by atoms with E-state index in [-0.39, 0.29) is 0 Å². The van der Waals surface area contributed by atoms with Crippen LogP contribution in [0.25, 0.3) is 0 Å². The van der Waals surface area contributed by atoms with Crippen LogP contribution in [0.2, 0.25) is 0 Å². The van der Waals surface area contributed by atoms with Crippen LogP contribution in [0.4, 0.5) is 5.69 Å². The first-order valence-electron chi connectivity index (χ1n) is 8.36. The minimum atomic E-state index is 0.608. The Hall–Kier alpha value is -0.480. The number of thioether (sulfide) groups is 1. The highest BCUT2D eigenvalue weighted by molar-refractivity contribution is 14.1. The van der Waals surface area contributed by atoms with Gasteiger partial charge in [0.1, 0.15) is 17.3 Å². The molecule has 0 amide bonds. The molecule has 6 rings (SSSR count). The summed E-state index contributed by atoms with van der Waals surface area (Å²) in [6, 6.07) is 5.29. The van der Waals surface area contributed by atoms with Crippen molar-refractivity contribution in [3.63, 3.8) is 0 Å².